The molecule has 1 unspecified atom stereocenters. The fraction of sp³-hybridized carbons (Fsp3) is 0.550. The van der Waals surface area contributed by atoms with Crippen molar-refractivity contribution in [3.8, 4) is 0 Å². The maximum atomic E-state index is 12.2. The Labute approximate surface area is 142 Å². The molecule has 1 fully saturated rings. The summed E-state index contributed by atoms with van der Waals surface area (Å²) in [4.78, 5) is 28.7. The molecule has 24 heavy (non-hydrogen) atoms. The van der Waals surface area contributed by atoms with Crippen LogP contribution in [0.2, 0.25) is 0 Å². The van der Waals surface area contributed by atoms with Gasteiger partial charge in [0.25, 0.3) is 5.91 Å². The van der Waals surface area contributed by atoms with Crippen LogP contribution in [0, 0.1) is 11.8 Å². The van der Waals surface area contributed by atoms with Gasteiger partial charge in [0, 0.05) is 23.6 Å². The minimum atomic E-state index is -0.0280. The predicted octanol–water partition coefficient (Wildman–Crippen LogP) is 3.60. The lowest BCUT2D eigenvalue weighted by atomic mass is 9.85. The molecule has 4 nitrogen and oxygen atoms in total. The summed E-state index contributed by atoms with van der Waals surface area (Å²) in [5, 5.41) is 3.00. The highest BCUT2D eigenvalue weighted by Crippen LogP contribution is 2.39. The summed E-state index contributed by atoms with van der Waals surface area (Å²) < 4.78 is 0. The summed E-state index contributed by atoms with van der Waals surface area (Å²) in [5.41, 5.74) is 3.78. The fourth-order valence-corrected chi connectivity index (χ4v) is 4.49. The zero-order valence-corrected chi connectivity index (χ0v) is 14.0. The highest BCUT2D eigenvalue weighted by molar-refractivity contribution is 6.11. The summed E-state index contributed by atoms with van der Waals surface area (Å²) in [5.74, 6) is 0.685. The van der Waals surface area contributed by atoms with E-state index in [-0.39, 0.29) is 17.7 Å². The predicted molar refractivity (Wildman–Crippen MR) is 93.4 cm³/mol. The number of nitrogens with zero attached hydrogens (tertiary/aromatic N) is 1. The molecule has 0 saturated heterocycles. The molecule has 4 rings (SSSR count). The Bertz CT molecular complexity index is 690. The molecule has 2 amide bonds. The summed E-state index contributed by atoms with van der Waals surface area (Å²) in [6.45, 7) is 0. The van der Waals surface area contributed by atoms with E-state index in [0.717, 1.165) is 43.4 Å². The van der Waals surface area contributed by atoms with Crippen LogP contribution in [-0.4, -0.2) is 17.5 Å². The van der Waals surface area contributed by atoms with E-state index in [1.54, 1.807) is 0 Å². The topological polar surface area (TPSA) is 58.5 Å². The number of carbonyl (C=O) groups is 2. The highest BCUT2D eigenvalue weighted by atomic mass is 16.2. The molecule has 1 saturated carbocycles. The third kappa shape index (κ3) is 3.02. The largest absolute Gasteiger partial charge is 0.325 e. The molecule has 0 radical (unpaired) electrons. The van der Waals surface area contributed by atoms with E-state index in [1.807, 2.05) is 12.2 Å². The first kappa shape index (κ1) is 15.6. The molecule has 4 heteroatoms. The lowest BCUT2D eigenvalue weighted by Gasteiger charge is -2.28. The van der Waals surface area contributed by atoms with Gasteiger partial charge in [0.15, 0.2) is 0 Å². The van der Waals surface area contributed by atoms with Crippen molar-refractivity contribution in [3.05, 3.63) is 35.1 Å². The average Bonchev–Trinajstić information content (AvgIpc) is 3.06. The molecule has 1 aliphatic heterocycles. The molecular formula is C20H24N2O2. The van der Waals surface area contributed by atoms with Gasteiger partial charge in [0.05, 0.1) is 5.71 Å². The first-order valence-corrected chi connectivity index (χ1v) is 9.25. The van der Waals surface area contributed by atoms with Gasteiger partial charge in [-0.2, -0.15) is 0 Å². The lowest BCUT2D eigenvalue weighted by Crippen LogP contribution is -2.35. The second kappa shape index (κ2) is 6.50. The van der Waals surface area contributed by atoms with Gasteiger partial charge in [0.1, 0.15) is 0 Å². The summed E-state index contributed by atoms with van der Waals surface area (Å²) >= 11 is 0. The number of hydrogen-bond donors (Lipinski definition) is 1. The summed E-state index contributed by atoms with van der Waals surface area (Å²) in [7, 11) is 0. The van der Waals surface area contributed by atoms with Crippen LogP contribution in [0.1, 0.15) is 57.8 Å². The van der Waals surface area contributed by atoms with Crippen LogP contribution in [0.5, 0.6) is 0 Å². The summed E-state index contributed by atoms with van der Waals surface area (Å²) in [6, 6.07) is 0. The van der Waals surface area contributed by atoms with Crippen LogP contribution in [0.4, 0.5) is 0 Å². The number of hydrogen-bond acceptors (Lipinski definition) is 2. The molecule has 4 aliphatic rings. The Morgan fingerprint density at radius 2 is 2.00 bits per heavy atom. The Hall–Kier alpha value is -1.97. The van der Waals surface area contributed by atoms with E-state index in [4.69, 9.17) is 0 Å². The number of nitrogens with one attached hydrogen (secondary N) is 1. The SMILES string of the molecule is O=C(CC1CCCCC1)N=C1C=CC2C(=C1)NC(=O)C1=C2CCC1. The molecule has 1 atom stereocenters. The van der Waals surface area contributed by atoms with E-state index < -0.39 is 0 Å². The zero-order valence-electron chi connectivity index (χ0n) is 14.0. The third-order valence-corrected chi connectivity index (χ3v) is 5.71. The van der Waals surface area contributed by atoms with Gasteiger partial charge < -0.3 is 5.32 Å². The minimum Gasteiger partial charge on any atom is -0.325 e. The van der Waals surface area contributed by atoms with Crippen molar-refractivity contribution in [1.82, 2.24) is 5.32 Å². The molecule has 0 bridgehead atoms. The van der Waals surface area contributed by atoms with Crippen molar-refractivity contribution in [1.29, 1.82) is 0 Å². The van der Waals surface area contributed by atoms with E-state index in [1.165, 1.54) is 24.8 Å². The van der Waals surface area contributed by atoms with Gasteiger partial charge in [-0.15, -0.1) is 0 Å². The number of amides is 2. The van der Waals surface area contributed by atoms with Crippen LogP contribution >= 0.6 is 0 Å². The van der Waals surface area contributed by atoms with Crippen LogP contribution in [-0.2, 0) is 9.59 Å². The number of carbonyl (C=O) groups excluding carboxylic acids is 2. The standard InChI is InChI=1S/C20H24N2O2/c23-19(11-13-5-2-1-3-6-13)21-14-9-10-16-15-7-4-8-17(15)20(24)22-18(16)12-14/h9-10,12-13,16H,1-8,11H2,(H,22,24). The Morgan fingerprint density at radius 3 is 2.83 bits per heavy atom. The van der Waals surface area contributed by atoms with Crippen molar-refractivity contribution in [2.24, 2.45) is 16.8 Å². The molecule has 0 aromatic heterocycles. The van der Waals surface area contributed by atoms with E-state index in [2.05, 4.69) is 16.4 Å². The zero-order chi connectivity index (χ0) is 16.5. The molecule has 3 aliphatic carbocycles. The molecule has 0 aromatic carbocycles. The second-order valence-electron chi connectivity index (χ2n) is 7.39. The van der Waals surface area contributed by atoms with E-state index in [9.17, 15) is 9.59 Å². The van der Waals surface area contributed by atoms with Crippen molar-refractivity contribution in [2.45, 2.75) is 57.8 Å². The average molecular weight is 324 g/mol. The molecule has 126 valence electrons. The maximum absolute atomic E-state index is 12.2. The minimum absolute atomic E-state index is 0.0280. The van der Waals surface area contributed by atoms with Gasteiger partial charge in [-0.3, -0.25) is 9.59 Å². The van der Waals surface area contributed by atoms with Gasteiger partial charge in [0.2, 0.25) is 5.91 Å². The molecule has 0 aromatic rings. The normalized spacial score (nSPS) is 28.5. The van der Waals surface area contributed by atoms with Gasteiger partial charge in [-0.05, 0) is 55.7 Å². The summed E-state index contributed by atoms with van der Waals surface area (Å²) in [6.07, 6.45) is 15.5. The number of allylic oxidation sites excluding steroid dienone is 3. The van der Waals surface area contributed by atoms with Crippen molar-refractivity contribution in [2.75, 3.05) is 0 Å². The third-order valence-electron chi connectivity index (χ3n) is 5.71. The number of rotatable bonds is 2. The number of fused-ring (bicyclic) bond motifs is 2. The van der Waals surface area contributed by atoms with Crippen LogP contribution in [0.25, 0.3) is 0 Å². The maximum Gasteiger partial charge on any atom is 0.251 e. The number of aliphatic imine (C=N–C) groups is 1. The Morgan fingerprint density at radius 1 is 1.17 bits per heavy atom. The van der Waals surface area contributed by atoms with Crippen LogP contribution in [0.15, 0.2) is 40.1 Å². The Balaban J connectivity index is 1.48. The smallest absolute Gasteiger partial charge is 0.251 e. The monoisotopic (exact) mass is 324 g/mol. The van der Waals surface area contributed by atoms with Crippen LogP contribution in [0.3, 0.4) is 0 Å². The van der Waals surface area contributed by atoms with E-state index in [0.29, 0.717) is 18.1 Å². The van der Waals surface area contributed by atoms with Gasteiger partial charge in [-0.1, -0.05) is 25.3 Å². The second-order valence-corrected chi connectivity index (χ2v) is 7.39. The molecule has 1 heterocycles. The van der Waals surface area contributed by atoms with Gasteiger partial charge >= 0.3 is 0 Å². The van der Waals surface area contributed by atoms with Crippen molar-refractivity contribution < 1.29 is 9.59 Å². The Kier molecular flexibility index (Phi) is 4.21. The first-order chi connectivity index (χ1) is 11.7. The van der Waals surface area contributed by atoms with Crippen molar-refractivity contribution in [3.63, 3.8) is 0 Å². The van der Waals surface area contributed by atoms with Crippen LogP contribution < -0.4 is 5.32 Å². The fourth-order valence-electron chi connectivity index (χ4n) is 4.49. The molecule has 1 N–H and O–H groups in total. The van der Waals surface area contributed by atoms with Gasteiger partial charge in [-0.25, -0.2) is 4.99 Å². The van der Waals surface area contributed by atoms with E-state index >= 15 is 0 Å². The first-order valence-electron chi connectivity index (χ1n) is 9.25. The quantitative estimate of drug-likeness (QED) is 0.843. The lowest BCUT2D eigenvalue weighted by molar-refractivity contribution is -0.119. The molecular weight excluding hydrogens is 300 g/mol. The highest BCUT2D eigenvalue weighted by Gasteiger charge is 2.34. The van der Waals surface area contributed by atoms with Crippen molar-refractivity contribution >= 4 is 17.5 Å². The molecule has 0 spiro atoms.